The molecule has 1 aromatic heterocycles. The Kier molecular flexibility index (Phi) is 6.64. The number of aromatic nitrogens is 2. The lowest BCUT2D eigenvalue weighted by Gasteiger charge is -2.16. The molecule has 1 amide bonds. The van der Waals surface area contributed by atoms with Gasteiger partial charge in [0.2, 0.25) is 5.91 Å². The zero-order valence-corrected chi connectivity index (χ0v) is 16.0. The van der Waals surface area contributed by atoms with Gasteiger partial charge in [0.1, 0.15) is 17.2 Å². The highest BCUT2D eigenvalue weighted by molar-refractivity contribution is 7.99. The number of esters is 1. The number of carbonyl (C=O) groups is 2. The monoisotopic (exact) mass is 386 g/mol. The number of thioether (sulfide) groups is 1. The fourth-order valence-electron chi connectivity index (χ4n) is 2.83. The van der Waals surface area contributed by atoms with E-state index in [0.717, 1.165) is 23.9 Å². The summed E-state index contributed by atoms with van der Waals surface area (Å²) in [5.74, 6) is 0.427. The van der Waals surface area contributed by atoms with Gasteiger partial charge in [-0.3, -0.25) is 4.79 Å². The van der Waals surface area contributed by atoms with E-state index in [2.05, 4.69) is 20.2 Å². The van der Waals surface area contributed by atoms with Gasteiger partial charge in [-0.25, -0.2) is 14.8 Å². The number of benzene rings is 1. The second-order valence-corrected chi connectivity index (χ2v) is 7.01. The molecule has 1 saturated heterocycles. The Bertz CT molecular complexity index is 809. The molecule has 0 bridgehead atoms. The third kappa shape index (κ3) is 5.19. The SMILES string of the molecule is CCOC(=O)c1ccccc1NC(=O)CSc1cc(N2CCCC2)ncn1. The molecule has 142 valence electrons. The van der Waals surface area contributed by atoms with Gasteiger partial charge >= 0.3 is 5.97 Å². The van der Waals surface area contributed by atoms with Crippen LogP contribution >= 0.6 is 11.8 Å². The number of amides is 1. The van der Waals surface area contributed by atoms with Crippen LogP contribution < -0.4 is 10.2 Å². The van der Waals surface area contributed by atoms with Crippen LogP contribution in [0.5, 0.6) is 0 Å². The van der Waals surface area contributed by atoms with E-state index in [9.17, 15) is 9.59 Å². The summed E-state index contributed by atoms with van der Waals surface area (Å²) in [5, 5.41) is 3.53. The van der Waals surface area contributed by atoms with Gasteiger partial charge in [0.25, 0.3) is 0 Å². The summed E-state index contributed by atoms with van der Waals surface area (Å²) in [4.78, 5) is 35.1. The molecule has 27 heavy (non-hydrogen) atoms. The average Bonchev–Trinajstić information content (AvgIpc) is 3.22. The Morgan fingerprint density at radius 2 is 2.00 bits per heavy atom. The molecule has 2 heterocycles. The van der Waals surface area contributed by atoms with Gasteiger partial charge in [-0.05, 0) is 31.9 Å². The summed E-state index contributed by atoms with van der Waals surface area (Å²) in [6.07, 6.45) is 3.88. The molecule has 0 unspecified atom stereocenters. The van der Waals surface area contributed by atoms with Crippen molar-refractivity contribution in [3.63, 3.8) is 0 Å². The van der Waals surface area contributed by atoms with Gasteiger partial charge in [0.15, 0.2) is 0 Å². The Morgan fingerprint density at radius 1 is 1.22 bits per heavy atom. The predicted molar refractivity (Wildman–Crippen MR) is 105 cm³/mol. The van der Waals surface area contributed by atoms with Crippen molar-refractivity contribution in [1.29, 1.82) is 0 Å². The fraction of sp³-hybridized carbons (Fsp3) is 0.368. The van der Waals surface area contributed by atoms with Crippen LogP contribution in [0, 0.1) is 0 Å². The van der Waals surface area contributed by atoms with Gasteiger partial charge in [-0.2, -0.15) is 0 Å². The Balaban J connectivity index is 1.59. The molecule has 0 saturated carbocycles. The molecule has 1 aromatic carbocycles. The zero-order chi connectivity index (χ0) is 19.1. The molecule has 0 radical (unpaired) electrons. The Hall–Kier alpha value is -2.61. The predicted octanol–water partition coefficient (Wildman–Crippen LogP) is 2.98. The molecule has 1 fully saturated rings. The number of carbonyl (C=O) groups excluding carboxylic acids is 2. The average molecular weight is 386 g/mol. The number of ether oxygens (including phenoxy) is 1. The molecule has 8 heteroatoms. The number of hydrogen-bond donors (Lipinski definition) is 1. The molecule has 1 N–H and O–H groups in total. The van der Waals surface area contributed by atoms with Crippen molar-refractivity contribution in [2.24, 2.45) is 0 Å². The smallest absolute Gasteiger partial charge is 0.340 e. The van der Waals surface area contributed by atoms with Gasteiger partial charge in [-0.15, -0.1) is 0 Å². The number of rotatable bonds is 7. The van der Waals surface area contributed by atoms with Crippen molar-refractivity contribution in [2.75, 3.05) is 35.7 Å². The molecule has 2 aromatic rings. The summed E-state index contributed by atoms with van der Waals surface area (Å²) in [6, 6.07) is 8.73. The molecular formula is C19H22N4O3S. The highest BCUT2D eigenvalue weighted by atomic mass is 32.2. The third-order valence-electron chi connectivity index (χ3n) is 4.11. The van der Waals surface area contributed by atoms with Crippen LogP contribution in [-0.2, 0) is 9.53 Å². The minimum Gasteiger partial charge on any atom is -0.462 e. The van der Waals surface area contributed by atoms with E-state index in [1.807, 2.05) is 6.07 Å². The van der Waals surface area contributed by atoms with Crippen LogP contribution in [-0.4, -0.2) is 47.3 Å². The van der Waals surface area contributed by atoms with E-state index in [0.29, 0.717) is 11.3 Å². The van der Waals surface area contributed by atoms with Crippen LogP contribution in [0.15, 0.2) is 41.7 Å². The van der Waals surface area contributed by atoms with Crippen LogP contribution in [0.4, 0.5) is 11.5 Å². The lowest BCUT2D eigenvalue weighted by Crippen LogP contribution is -2.19. The normalized spacial score (nSPS) is 13.4. The van der Waals surface area contributed by atoms with Crippen molar-refractivity contribution in [1.82, 2.24) is 9.97 Å². The van der Waals surface area contributed by atoms with Gasteiger partial charge in [0.05, 0.1) is 23.6 Å². The number of hydrogen-bond acceptors (Lipinski definition) is 7. The second kappa shape index (κ2) is 9.36. The summed E-state index contributed by atoms with van der Waals surface area (Å²) >= 11 is 1.34. The largest absolute Gasteiger partial charge is 0.462 e. The standard InChI is InChI=1S/C19H22N4O3S/c1-2-26-19(25)14-7-3-4-8-15(14)22-17(24)12-27-18-11-16(20-13-21-18)23-9-5-6-10-23/h3-4,7-8,11,13H,2,5-6,9-10,12H2,1H3,(H,22,24). The first-order valence-corrected chi connectivity index (χ1v) is 9.91. The van der Waals surface area contributed by atoms with Gasteiger partial charge in [0, 0.05) is 19.2 Å². The first kappa shape index (κ1) is 19.2. The third-order valence-corrected chi connectivity index (χ3v) is 5.03. The van der Waals surface area contributed by atoms with Crippen LogP contribution in [0.25, 0.3) is 0 Å². The molecule has 7 nitrogen and oxygen atoms in total. The minimum atomic E-state index is -0.452. The van der Waals surface area contributed by atoms with E-state index >= 15 is 0 Å². The molecule has 1 aliphatic heterocycles. The first-order chi connectivity index (χ1) is 13.2. The molecular weight excluding hydrogens is 364 g/mol. The number of para-hydroxylation sites is 1. The topological polar surface area (TPSA) is 84.4 Å². The lowest BCUT2D eigenvalue weighted by atomic mass is 10.2. The quantitative estimate of drug-likeness (QED) is 0.445. The number of nitrogens with zero attached hydrogens (tertiary/aromatic N) is 3. The minimum absolute atomic E-state index is 0.188. The van der Waals surface area contributed by atoms with E-state index in [-0.39, 0.29) is 18.3 Å². The Morgan fingerprint density at radius 3 is 2.78 bits per heavy atom. The highest BCUT2D eigenvalue weighted by Gasteiger charge is 2.16. The number of anilines is 2. The Labute approximate surface area is 162 Å². The zero-order valence-electron chi connectivity index (χ0n) is 15.2. The summed E-state index contributed by atoms with van der Waals surface area (Å²) in [6.45, 7) is 4.04. The molecule has 0 aliphatic carbocycles. The maximum absolute atomic E-state index is 12.3. The highest BCUT2D eigenvalue weighted by Crippen LogP contribution is 2.23. The van der Waals surface area contributed by atoms with Crippen molar-refractivity contribution < 1.29 is 14.3 Å². The summed E-state index contributed by atoms with van der Waals surface area (Å²) in [5.41, 5.74) is 0.790. The van der Waals surface area contributed by atoms with E-state index in [1.165, 1.54) is 30.9 Å². The summed E-state index contributed by atoms with van der Waals surface area (Å²) < 4.78 is 5.02. The van der Waals surface area contributed by atoms with Crippen LogP contribution in [0.1, 0.15) is 30.1 Å². The van der Waals surface area contributed by atoms with E-state index in [1.54, 1.807) is 31.2 Å². The second-order valence-electron chi connectivity index (χ2n) is 6.01. The lowest BCUT2D eigenvalue weighted by molar-refractivity contribution is -0.113. The maximum atomic E-state index is 12.3. The fourth-order valence-corrected chi connectivity index (χ4v) is 3.49. The van der Waals surface area contributed by atoms with Crippen LogP contribution in [0.2, 0.25) is 0 Å². The van der Waals surface area contributed by atoms with Gasteiger partial charge in [-0.1, -0.05) is 23.9 Å². The summed E-state index contributed by atoms with van der Waals surface area (Å²) in [7, 11) is 0. The van der Waals surface area contributed by atoms with Crippen molar-refractivity contribution in [3.8, 4) is 0 Å². The van der Waals surface area contributed by atoms with Crippen molar-refractivity contribution in [3.05, 3.63) is 42.2 Å². The van der Waals surface area contributed by atoms with E-state index in [4.69, 9.17) is 4.74 Å². The molecule has 1 aliphatic rings. The first-order valence-electron chi connectivity index (χ1n) is 8.93. The number of nitrogens with one attached hydrogen (secondary N) is 1. The van der Waals surface area contributed by atoms with Crippen molar-refractivity contribution in [2.45, 2.75) is 24.8 Å². The maximum Gasteiger partial charge on any atom is 0.340 e. The molecule has 0 spiro atoms. The molecule has 0 atom stereocenters. The molecule has 3 rings (SSSR count). The van der Waals surface area contributed by atoms with Gasteiger partial charge < -0.3 is 15.0 Å². The van der Waals surface area contributed by atoms with Crippen molar-refractivity contribution >= 4 is 35.1 Å². The van der Waals surface area contributed by atoms with E-state index < -0.39 is 5.97 Å². The van der Waals surface area contributed by atoms with Crippen LogP contribution in [0.3, 0.4) is 0 Å².